The lowest BCUT2D eigenvalue weighted by Crippen LogP contribution is -2.33. The molecule has 2 N–H and O–H groups in total. The van der Waals surface area contributed by atoms with Gasteiger partial charge in [-0.3, -0.25) is 9.59 Å². The number of rotatable bonds is 9. The molecule has 0 saturated carbocycles. The molecule has 5 nitrogen and oxygen atoms in total. The Hall–Kier alpha value is -2.04. The van der Waals surface area contributed by atoms with Crippen molar-refractivity contribution >= 4 is 17.6 Å². The summed E-state index contributed by atoms with van der Waals surface area (Å²) in [4.78, 5) is 23.7. The average molecular weight is 293 g/mol. The third-order valence-corrected chi connectivity index (χ3v) is 3.45. The first-order valence-electron chi connectivity index (χ1n) is 7.23. The maximum absolute atomic E-state index is 11.1. The first-order chi connectivity index (χ1) is 9.95. The summed E-state index contributed by atoms with van der Waals surface area (Å²) in [7, 11) is 0. The minimum Gasteiger partial charge on any atom is -0.481 e. The Morgan fingerprint density at radius 1 is 1.24 bits per heavy atom. The van der Waals surface area contributed by atoms with Crippen molar-refractivity contribution < 1.29 is 19.8 Å². The first-order valence-corrected chi connectivity index (χ1v) is 7.23. The van der Waals surface area contributed by atoms with Crippen LogP contribution in [0, 0.1) is 5.92 Å². The van der Waals surface area contributed by atoms with Crippen LogP contribution in [0.25, 0.3) is 0 Å². The molecule has 0 spiro atoms. The molecule has 1 aromatic carbocycles. The molecule has 0 saturated heterocycles. The summed E-state index contributed by atoms with van der Waals surface area (Å²) in [5, 5.41) is 17.9. The number of carbonyl (C=O) groups is 2. The van der Waals surface area contributed by atoms with E-state index in [1.54, 1.807) is 6.92 Å². The molecule has 1 aromatic rings. The molecule has 1 atom stereocenters. The monoisotopic (exact) mass is 293 g/mol. The van der Waals surface area contributed by atoms with Gasteiger partial charge in [0.2, 0.25) is 0 Å². The second-order valence-corrected chi connectivity index (χ2v) is 5.16. The number of anilines is 1. The third-order valence-electron chi connectivity index (χ3n) is 3.45. The molecule has 0 aliphatic rings. The Morgan fingerprint density at radius 3 is 2.48 bits per heavy atom. The van der Waals surface area contributed by atoms with Gasteiger partial charge in [-0.2, -0.15) is 0 Å². The molecule has 21 heavy (non-hydrogen) atoms. The molecule has 116 valence electrons. The largest absolute Gasteiger partial charge is 0.481 e. The van der Waals surface area contributed by atoms with Gasteiger partial charge < -0.3 is 15.1 Å². The van der Waals surface area contributed by atoms with Crippen molar-refractivity contribution in [2.24, 2.45) is 5.92 Å². The van der Waals surface area contributed by atoms with E-state index in [0.717, 1.165) is 17.7 Å². The highest BCUT2D eigenvalue weighted by Gasteiger charge is 2.18. The zero-order valence-corrected chi connectivity index (χ0v) is 12.6. The van der Waals surface area contributed by atoms with Crippen LogP contribution in [0.2, 0.25) is 0 Å². The number of nitrogens with zero attached hydrogens (tertiary/aromatic N) is 1. The summed E-state index contributed by atoms with van der Waals surface area (Å²) in [6.45, 7) is 4.64. The Labute approximate surface area is 125 Å². The predicted molar refractivity (Wildman–Crippen MR) is 81.7 cm³/mol. The van der Waals surface area contributed by atoms with Crippen LogP contribution in [0.4, 0.5) is 5.69 Å². The van der Waals surface area contributed by atoms with Crippen LogP contribution in [0.15, 0.2) is 24.3 Å². The molecule has 0 radical (unpaired) electrons. The topological polar surface area (TPSA) is 77.8 Å². The molecule has 0 aromatic heterocycles. The lowest BCUT2D eigenvalue weighted by Gasteiger charge is -2.28. The third kappa shape index (κ3) is 5.45. The molecule has 0 aliphatic carbocycles. The van der Waals surface area contributed by atoms with Gasteiger partial charge in [0.1, 0.15) is 0 Å². The molecular weight excluding hydrogens is 270 g/mol. The Kier molecular flexibility index (Phi) is 6.72. The quantitative estimate of drug-likeness (QED) is 0.732. The lowest BCUT2D eigenvalue weighted by atomic mass is 10.1. The highest BCUT2D eigenvalue weighted by Crippen LogP contribution is 2.22. The molecule has 0 heterocycles. The van der Waals surface area contributed by atoms with E-state index < -0.39 is 17.9 Å². The number of hydrogen-bond donors (Lipinski definition) is 2. The molecular formula is C16H23NO4. The fourth-order valence-corrected chi connectivity index (χ4v) is 2.26. The number of hydrogen-bond acceptors (Lipinski definition) is 3. The maximum atomic E-state index is 11.1. The van der Waals surface area contributed by atoms with Gasteiger partial charge in [-0.05, 0) is 24.5 Å². The molecule has 1 rings (SSSR count). The fourth-order valence-electron chi connectivity index (χ4n) is 2.26. The number of benzene rings is 1. The highest BCUT2D eigenvalue weighted by atomic mass is 16.4. The van der Waals surface area contributed by atoms with Crippen molar-refractivity contribution in [2.45, 2.75) is 33.1 Å². The smallest absolute Gasteiger partial charge is 0.308 e. The van der Waals surface area contributed by atoms with Crippen molar-refractivity contribution in [3.63, 3.8) is 0 Å². The molecule has 0 fully saturated rings. The predicted octanol–water partition coefficient (Wildman–Crippen LogP) is 2.64. The summed E-state index contributed by atoms with van der Waals surface area (Å²) < 4.78 is 0. The zero-order valence-electron chi connectivity index (χ0n) is 12.6. The normalized spacial score (nSPS) is 11.9. The van der Waals surface area contributed by atoms with Crippen LogP contribution < -0.4 is 4.90 Å². The number of carboxylic acid groups (broad SMARTS) is 2. The first kappa shape index (κ1) is 17.0. The van der Waals surface area contributed by atoms with Gasteiger partial charge in [-0.1, -0.05) is 32.0 Å². The maximum Gasteiger partial charge on any atom is 0.308 e. The summed E-state index contributed by atoms with van der Waals surface area (Å²) in [5.74, 6) is -2.17. The zero-order chi connectivity index (χ0) is 15.8. The Balaban J connectivity index is 2.88. The minimum atomic E-state index is -0.841. The molecule has 0 bridgehead atoms. The van der Waals surface area contributed by atoms with Crippen LogP contribution in [-0.4, -0.2) is 35.2 Å². The number of aliphatic carboxylic acids is 2. The van der Waals surface area contributed by atoms with Crippen LogP contribution in [0.3, 0.4) is 0 Å². The van der Waals surface area contributed by atoms with E-state index in [9.17, 15) is 9.59 Å². The molecule has 0 amide bonds. The average Bonchev–Trinajstić information content (AvgIpc) is 2.45. The van der Waals surface area contributed by atoms with Gasteiger partial charge in [0.05, 0.1) is 5.92 Å². The van der Waals surface area contributed by atoms with Gasteiger partial charge in [0, 0.05) is 25.2 Å². The van der Waals surface area contributed by atoms with Crippen LogP contribution in [-0.2, 0) is 16.0 Å². The van der Waals surface area contributed by atoms with Crippen LogP contribution in [0.5, 0.6) is 0 Å². The van der Waals surface area contributed by atoms with E-state index in [1.165, 1.54) is 0 Å². The van der Waals surface area contributed by atoms with Crippen molar-refractivity contribution in [1.82, 2.24) is 0 Å². The van der Waals surface area contributed by atoms with Gasteiger partial charge in [-0.15, -0.1) is 0 Å². The Morgan fingerprint density at radius 2 is 1.90 bits per heavy atom. The van der Waals surface area contributed by atoms with Crippen LogP contribution >= 0.6 is 0 Å². The summed E-state index contributed by atoms with van der Waals surface area (Å²) >= 11 is 0. The van der Waals surface area contributed by atoms with E-state index >= 15 is 0 Å². The highest BCUT2D eigenvalue weighted by molar-refractivity contribution is 5.71. The van der Waals surface area contributed by atoms with Gasteiger partial charge in [0.25, 0.3) is 0 Å². The van der Waals surface area contributed by atoms with E-state index in [2.05, 4.69) is 6.92 Å². The van der Waals surface area contributed by atoms with E-state index in [4.69, 9.17) is 10.2 Å². The van der Waals surface area contributed by atoms with Gasteiger partial charge >= 0.3 is 11.9 Å². The molecule has 1 unspecified atom stereocenters. The number of para-hydroxylation sites is 1. The fraction of sp³-hybridized carbons (Fsp3) is 0.500. The van der Waals surface area contributed by atoms with E-state index in [0.29, 0.717) is 19.5 Å². The minimum absolute atomic E-state index is 0.0895. The summed E-state index contributed by atoms with van der Waals surface area (Å²) in [6.07, 6.45) is 1.44. The van der Waals surface area contributed by atoms with Gasteiger partial charge in [0.15, 0.2) is 0 Å². The van der Waals surface area contributed by atoms with E-state index in [1.807, 2.05) is 29.2 Å². The molecule has 0 aliphatic heterocycles. The summed E-state index contributed by atoms with van der Waals surface area (Å²) in [6, 6.07) is 7.86. The number of carboxylic acids is 2. The van der Waals surface area contributed by atoms with E-state index in [-0.39, 0.29) is 6.42 Å². The van der Waals surface area contributed by atoms with Crippen LogP contribution in [0.1, 0.15) is 32.3 Å². The van der Waals surface area contributed by atoms with Crippen molar-refractivity contribution in [3.05, 3.63) is 29.8 Å². The van der Waals surface area contributed by atoms with Crippen molar-refractivity contribution in [2.75, 3.05) is 18.0 Å². The Bertz CT molecular complexity index is 487. The lowest BCUT2D eigenvalue weighted by molar-refractivity contribution is -0.141. The number of aryl methyl sites for hydroxylation is 1. The van der Waals surface area contributed by atoms with Gasteiger partial charge in [-0.25, -0.2) is 0 Å². The van der Waals surface area contributed by atoms with Crippen molar-refractivity contribution in [3.8, 4) is 0 Å². The standard InChI is InChI=1S/C16H23NO4/c1-3-13-7-4-5-8-14(13)17(10-6-9-15(18)19)11-12(2)16(20)21/h4-5,7-8,12H,3,6,9-11H2,1-2H3,(H,18,19)(H,20,21). The SMILES string of the molecule is CCc1ccccc1N(CCCC(=O)O)CC(C)C(=O)O. The second-order valence-electron chi connectivity index (χ2n) is 5.16. The molecule has 5 heteroatoms. The summed E-state index contributed by atoms with van der Waals surface area (Å²) in [5.41, 5.74) is 2.14. The second kappa shape index (κ2) is 8.29. The van der Waals surface area contributed by atoms with Crippen molar-refractivity contribution in [1.29, 1.82) is 0 Å².